The lowest BCUT2D eigenvalue weighted by atomic mass is 9.94. The SMILES string of the molecule is CC1(C)CC1C(=O)N1CC2CCCC(C1)N2.Cl. The first kappa shape index (κ1) is 13.2. The Labute approximate surface area is 110 Å². The number of carbonyl (C=O) groups excluding carboxylic acids is 1. The number of hydrogen-bond acceptors (Lipinski definition) is 2. The lowest BCUT2D eigenvalue weighted by Gasteiger charge is -2.42. The van der Waals surface area contributed by atoms with E-state index in [1.807, 2.05) is 0 Å². The number of rotatable bonds is 1. The standard InChI is InChI=1S/C13H22N2O.ClH/c1-13(2)6-11(13)12(16)15-7-9-4-3-5-10(8-15)14-9;/h9-11,14H,3-8H2,1-2H3;1H. The van der Waals surface area contributed by atoms with Crippen LogP contribution in [0, 0.1) is 11.3 Å². The first-order chi connectivity index (χ1) is 7.56. The maximum Gasteiger partial charge on any atom is 0.226 e. The van der Waals surface area contributed by atoms with Crippen LogP contribution < -0.4 is 5.32 Å². The molecule has 1 amide bonds. The van der Waals surface area contributed by atoms with E-state index in [1.54, 1.807) is 0 Å². The molecule has 2 heterocycles. The third kappa shape index (κ3) is 2.45. The predicted octanol–water partition coefficient (Wildman–Crippen LogP) is 1.81. The molecule has 17 heavy (non-hydrogen) atoms. The zero-order chi connectivity index (χ0) is 11.3. The molecule has 3 rings (SSSR count). The number of hydrogen-bond donors (Lipinski definition) is 1. The highest BCUT2D eigenvalue weighted by Crippen LogP contribution is 2.52. The van der Waals surface area contributed by atoms with Gasteiger partial charge < -0.3 is 10.2 Å². The molecule has 3 unspecified atom stereocenters. The average molecular weight is 259 g/mol. The summed E-state index contributed by atoms with van der Waals surface area (Å²) in [5, 5.41) is 3.62. The van der Waals surface area contributed by atoms with E-state index in [2.05, 4.69) is 24.1 Å². The minimum atomic E-state index is 0. The van der Waals surface area contributed by atoms with Gasteiger partial charge in [0.25, 0.3) is 0 Å². The van der Waals surface area contributed by atoms with Gasteiger partial charge in [-0.1, -0.05) is 20.3 Å². The molecule has 2 saturated heterocycles. The summed E-state index contributed by atoms with van der Waals surface area (Å²) in [4.78, 5) is 14.4. The van der Waals surface area contributed by atoms with E-state index in [0.29, 0.717) is 23.9 Å². The number of nitrogens with zero attached hydrogens (tertiary/aromatic N) is 1. The molecular formula is C13H23ClN2O. The van der Waals surface area contributed by atoms with E-state index in [1.165, 1.54) is 19.3 Å². The van der Waals surface area contributed by atoms with Gasteiger partial charge in [0.15, 0.2) is 0 Å². The fourth-order valence-electron chi connectivity index (χ4n) is 3.29. The quantitative estimate of drug-likeness (QED) is 0.778. The summed E-state index contributed by atoms with van der Waals surface area (Å²) < 4.78 is 0. The molecule has 1 saturated carbocycles. The van der Waals surface area contributed by atoms with E-state index >= 15 is 0 Å². The summed E-state index contributed by atoms with van der Waals surface area (Å²) in [6.07, 6.45) is 4.91. The maximum atomic E-state index is 12.3. The van der Waals surface area contributed by atoms with E-state index in [0.717, 1.165) is 19.5 Å². The molecule has 0 aromatic heterocycles. The van der Waals surface area contributed by atoms with Gasteiger partial charge in [0.2, 0.25) is 5.91 Å². The highest BCUT2D eigenvalue weighted by molar-refractivity contribution is 5.85. The third-order valence-electron chi connectivity index (χ3n) is 4.58. The molecule has 4 heteroatoms. The Morgan fingerprint density at radius 2 is 1.76 bits per heavy atom. The fourth-order valence-corrected chi connectivity index (χ4v) is 3.29. The first-order valence-corrected chi connectivity index (χ1v) is 6.61. The lowest BCUT2D eigenvalue weighted by Crippen LogP contribution is -2.60. The molecule has 1 N–H and O–H groups in total. The number of piperidine rings is 1. The minimum Gasteiger partial charge on any atom is -0.339 e. The normalized spacial score (nSPS) is 38.2. The molecule has 0 spiro atoms. The van der Waals surface area contributed by atoms with Crippen molar-refractivity contribution in [1.82, 2.24) is 10.2 Å². The zero-order valence-corrected chi connectivity index (χ0v) is 11.6. The molecule has 98 valence electrons. The van der Waals surface area contributed by atoms with Crippen LogP contribution in [0.25, 0.3) is 0 Å². The van der Waals surface area contributed by atoms with E-state index in [-0.39, 0.29) is 17.8 Å². The Balaban J connectivity index is 0.00000108. The Morgan fingerprint density at radius 1 is 1.24 bits per heavy atom. The van der Waals surface area contributed by atoms with Crippen molar-refractivity contribution in [2.24, 2.45) is 11.3 Å². The van der Waals surface area contributed by atoms with Crippen LogP contribution in [0.5, 0.6) is 0 Å². The third-order valence-corrected chi connectivity index (χ3v) is 4.58. The van der Waals surface area contributed by atoms with Crippen LogP contribution in [0.15, 0.2) is 0 Å². The summed E-state index contributed by atoms with van der Waals surface area (Å²) in [7, 11) is 0. The van der Waals surface area contributed by atoms with Crippen molar-refractivity contribution in [2.75, 3.05) is 13.1 Å². The van der Waals surface area contributed by atoms with Gasteiger partial charge in [-0.25, -0.2) is 0 Å². The maximum absolute atomic E-state index is 12.3. The van der Waals surface area contributed by atoms with Crippen molar-refractivity contribution >= 4 is 18.3 Å². The van der Waals surface area contributed by atoms with Gasteiger partial charge in [-0.05, 0) is 24.7 Å². The number of fused-ring (bicyclic) bond motifs is 2. The molecule has 0 aromatic rings. The van der Waals surface area contributed by atoms with Gasteiger partial charge in [0.1, 0.15) is 0 Å². The van der Waals surface area contributed by atoms with Crippen molar-refractivity contribution in [1.29, 1.82) is 0 Å². The van der Waals surface area contributed by atoms with Gasteiger partial charge in [-0.3, -0.25) is 4.79 Å². The number of halogens is 1. The lowest BCUT2D eigenvalue weighted by molar-refractivity contribution is -0.135. The van der Waals surface area contributed by atoms with Crippen molar-refractivity contribution in [3.05, 3.63) is 0 Å². The Hall–Kier alpha value is -0.280. The van der Waals surface area contributed by atoms with Crippen LogP contribution in [0.2, 0.25) is 0 Å². The first-order valence-electron chi connectivity index (χ1n) is 6.61. The van der Waals surface area contributed by atoms with E-state index < -0.39 is 0 Å². The van der Waals surface area contributed by atoms with Crippen molar-refractivity contribution in [2.45, 2.75) is 51.6 Å². The predicted molar refractivity (Wildman–Crippen MR) is 70.3 cm³/mol. The summed E-state index contributed by atoms with van der Waals surface area (Å²) in [6.45, 7) is 6.31. The largest absolute Gasteiger partial charge is 0.339 e. The molecule has 0 aromatic carbocycles. The summed E-state index contributed by atoms with van der Waals surface area (Å²) in [5.41, 5.74) is 0.275. The molecule has 3 fully saturated rings. The van der Waals surface area contributed by atoms with Crippen LogP contribution >= 0.6 is 12.4 Å². The summed E-state index contributed by atoms with van der Waals surface area (Å²) in [5.74, 6) is 0.731. The Bertz CT molecular complexity index is 307. The number of piperazine rings is 1. The molecule has 2 bridgehead atoms. The second-order valence-electron chi connectivity index (χ2n) is 6.48. The van der Waals surface area contributed by atoms with Crippen LogP contribution in [0.3, 0.4) is 0 Å². The molecule has 3 atom stereocenters. The van der Waals surface area contributed by atoms with Gasteiger partial charge in [-0.15, -0.1) is 12.4 Å². The van der Waals surface area contributed by atoms with Gasteiger partial charge in [-0.2, -0.15) is 0 Å². The zero-order valence-electron chi connectivity index (χ0n) is 10.7. The number of nitrogens with one attached hydrogen (secondary N) is 1. The summed E-state index contributed by atoms with van der Waals surface area (Å²) in [6, 6.07) is 1.14. The number of amides is 1. The summed E-state index contributed by atoms with van der Waals surface area (Å²) >= 11 is 0. The van der Waals surface area contributed by atoms with Crippen LogP contribution in [-0.2, 0) is 4.79 Å². The molecule has 3 aliphatic rings. The molecule has 0 radical (unpaired) electrons. The van der Waals surface area contributed by atoms with E-state index in [4.69, 9.17) is 0 Å². The highest BCUT2D eigenvalue weighted by Gasteiger charge is 2.52. The minimum absolute atomic E-state index is 0. The topological polar surface area (TPSA) is 32.3 Å². The molecular weight excluding hydrogens is 236 g/mol. The fraction of sp³-hybridized carbons (Fsp3) is 0.923. The second kappa shape index (κ2) is 4.43. The highest BCUT2D eigenvalue weighted by atomic mass is 35.5. The van der Waals surface area contributed by atoms with Crippen molar-refractivity contribution in [3.8, 4) is 0 Å². The van der Waals surface area contributed by atoms with Crippen LogP contribution in [0.1, 0.15) is 39.5 Å². The number of carbonyl (C=O) groups is 1. The van der Waals surface area contributed by atoms with E-state index in [9.17, 15) is 4.79 Å². The Kier molecular flexibility index (Phi) is 3.43. The van der Waals surface area contributed by atoms with Crippen LogP contribution in [-0.4, -0.2) is 36.0 Å². The van der Waals surface area contributed by atoms with Crippen molar-refractivity contribution in [3.63, 3.8) is 0 Å². The van der Waals surface area contributed by atoms with Gasteiger partial charge in [0, 0.05) is 31.1 Å². The van der Waals surface area contributed by atoms with Crippen LogP contribution in [0.4, 0.5) is 0 Å². The molecule has 3 nitrogen and oxygen atoms in total. The van der Waals surface area contributed by atoms with Gasteiger partial charge >= 0.3 is 0 Å². The Morgan fingerprint density at radius 3 is 2.24 bits per heavy atom. The monoisotopic (exact) mass is 258 g/mol. The molecule has 2 aliphatic heterocycles. The molecule has 1 aliphatic carbocycles. The number of likely N-dealkylation sites (tertiary alicyclic amines) is 1. The average Bonchev–Trinajstić information content (AvgIpc) is 2.86. The smallest absolute Gasteiger partial charge is 0.226 e. The second-order valence-corrected chi connectivity index (χ2v) is 6.48. The van der Waals surface area contributed by atoms with Crippen molar-refractivity contribution < 1.29 is 4.79 Å². The van der Waals surface area contributed by atoms with Gasteiger partial charge in [0.05, 0.1) is 0 Å².